The minimum absolute atomic E-state index is 0.137. The van der Waals surface area contributed by atoms with Crippen molar-refractivity contribution < 1.29 is 22.1 Å². The van der Waals surface area contributed by atoms with Gasteiger partial charge in [0.05, 0.1) is 7.11 Å². The molecule has 0 N–H and O–H groups in total. The molecule has 0 fully saturated rings. The van der Waals surface area contributed by atoms with Gasteiger partial charge in [0, 0.05) is 5.02 Å². The first-order valence-corrected chi connectivity index (χ1v) is 9.81. The van der Waals surface area contributed by atoms with Crippen LogP contribution in [0, 0.1) is 0 Å². The van der Waals surface area contributed by atoms with E-state index in [0.717, 1.165) is 5.56 Å². The molecule has 27 heavy (non-hydrogen) atoms. The Kier molecular flexibility index (Phi) is 5.88. The Morgan fingerprint density at radius 3 is 2.22 bits per heavy atom. The summed E-state index contributed by atoms with van der Waals surface area (Å²) in [6, 6.07) is 20.4. The molecule has 0 atom stereocenters. The molecule has 3 rings (SSSR count). The van der Waals surface area contributed by atoms with E-state index in [4.69, 9.17) is 25.3 Å². The lowest BCUT2D eigenvalue weighted by Crippen LogP contribution is -2.11. The number of halogens is 1. The van der Waals surface area contributed by atoms with E-state index in [9.17, 15) is 8.42 Å². The van der Waals surface area contributed by atoms with Crippen molar-refractivity contribution in [3.63, 3.8) is 0 Å². The fraction of sp³-hybridized carbons (Fsp3) is 0.100. The Morgan fingerprint density at radius 1 is 0.889 bits per heavy atom. The second-order valence-electron chi connectivity index (χ2n) is 5.58. The smallest absolute Gasteiger partial charge is 0.342 e. The van der Waals surface area contributed by atoms with Crippen LogP contribution in [-0.4, -0.2) is 15.5 Å². The molecule has 0 saturated heterocycles. The highest BCUT2D eigenvalue weighted by Gasteiger charge is 2.22. The molecule has 0 spiro atoms. The molecule has 0 aliphatic rings. The van der Waals surface area contributed by atoms with Crippen LogP contribution in [0.4, 0.5) is 0 Å². The summed E-state index contributed by atoms with van der Waals surface area (Å²) in [5.41, 5.74) is 1.04. The van der Waals surface area contributed by atoms with Gasteiger partial charge in [-0.05, 0) is 48.0 Å². The topological polar surface area (TPSA) is 61.8 Å². The molecule has 140 valence electrons. The van der Waals surface area contributed by atoms with E-state index in [1.165, 1.54) is 37.4 Å². The zero-order chi connectivity index (χ0) is 19.3. The van der Waals surface area contributed by atoms with Gasteiger partial charge < -0.3 is 13.7 Å². The largest absolute Gasteiger partial charge is 0.495 e. The lowest BCUT2D eigenvalue weighted by atomic mass is 10.2. The van der Waals surface area contributed by atoms with Gasteiger partial charge in [-0.1, -0.05) is 41.9 Å². The molecule has 0 aliphatic carbocycles. The summed E-state index contributed by atoms with van der Waals surface area (Å²) in [6.07, 6.45) is 0. The Hall–Kier alpha value is -2.70. The third-order valence-electron chi connectivity index (χ3n) is 3.67. The Labute approximate surface area is 163 Å². The molecule has 7 heteroatoms. The minimum atomic E-state index is -4.10. The molecule has 3 aromatic carbocycles. The summed E-state index contributed by atoms with van der Waals surface area (Å²) in [5, 5.41) is 0.266. The molecule has 0 aromatic heterocycles. The zero-order valence-electron chi connectivity index (χ0n) is 14.5. The molecule has 0 unspecified atom stereocenters. The third kappa shape index (κ3) is 4.93. The maximum atomic E-state index is 12.5. The van der Waals surface area contributed by atoms with Gasteiger partial charge >= 0.3 is 10.1 Å². The van der Waals surface area contributed by atoms with Crippen molar-refractivity contribution in [2.24, 2.45) is 0 Å². The van der Waals surface area contributed by atoms with E-state index in [0.29, 0.717) is 12.4 Å². The third-order valence-corrected chi connectivity index (χ3v) is 5.18. The first-order valence-electron chi connectivity index (χ1n) is 8.03. The summed E-state index contributed by atoms with van der Waals surface area (Å²) in [4.78, 5) is -0.137. The number of hydrogen-bond acceptors (Lipinski definition) is 5. The average molecular weight is 405 g/mol. The van der Waals surface area contributed by atoms with Gasteiger partial charge in [-0.15, -0.1) is 0 Å². The molecular weight excluding hydrogens is 388 g/mol. The Bertz CT molecular complexity index is 1000. The van der Waals surface area contributed by atoms with Crippen LogP contribution in [0.3, 0.4) is 0 Å². The highest BCUT2D eigenvalue weighted by Crippen LogP contribution is 2.30. The normalized spacial score (nSPS) is 11.0. The van der Waals surface area contributed by atoms with E-state index >= 15 is 0 Å². The van der Waals surface area contributed by atoms with Crippen LogP contribution in [0.5, 0.6) is 17.2 Å². The van der Waals surface area contributed by atoms with Crippen LogP contribution < -0.4 is 13.7 Å². The number of hydrogen-bond donors (Lipinski definition) is 0. The van der Waals surface area contributed by atoms with Gasteiger partial charge in [0.1, 0.15) is 28.8 Å². The van der Waals surface area contributed by atoms with Crippen molar-refractivity contribution in [1.82, 2.24) is 0 Å². The van der Waals surface area contributed by atoms with E-state index in [1.54, 1.807) is 12.1 Å². The van der Waals surface area contributed by atoms with Crippen molar-refractivity contribution >= 4 is 21.7 Å². The first-order chi connectivity index (χ1) is 13.0. The summed E-state index contributed by atoms with van der Waals surface area (Å²) < 4.78 is 41.0. The van der Waals surface area contributed by atoms with Crippen LogP contribution in [0.15, 0.2) is 77.7 Å². The molecule has 0 radical (unpaired) electrons. The molecular formula is C20H17ClO5S. The Morgan fingerprint density at radius 2 is 1.56 bits per heavy atom. The van der Waals surface area contributed by atoms with E-state index in [2.05, 4.69) is 0 Å². The zero-order valence-corrected chi connectivity index (χ0v) is 16.0. The highest BCUT2D eigenvalue weighted by molar-refractivity contribution is 7.87. The van der Waals surface area contributed by atoms with Gasteiger partial charge in [0.15, 0.2) is 0 Å². The Balaban J connectivity index is 1.71. The molecule has 3 aromatic rings. The van der Waals surface area contributed by atoms with Gasteiger partial charge in [-0.2, -0.15) is 8.42 Å². The van der Waals surface area contributed by atoms with Crippen molar-refractivity contribution in [1.29, 1.82) is 0 Å². The van der Waals surface area contributed by atoms with E-state index in [1.807, 2.05) is 30.3 Å². The maximum Gasteiger partial charge on any atom is 0.342 e. The van der Waals surface area contributed by atoms with Crippen LogP contribution in [0.25, 0.3) is 0 Å². The maximum absolute atomic E-state index is 12.5. The summed E-state index contributed by atoms with van der Waals surface area (Å²) in [5.74, 6) is 0.912. The van der Waals surface area contributed by atoms with E-state index in [-0.39, 0.29) is 21.4 Å². The monoisotopic (exact) mass is 404 g/mol. The van der Waals surface area contributed by atoms with Crippen LogP contribution in [0.2, 0.25) is 5.02 Å². The van der Waals surface area contributed by atoms with Crippen molar-refractivity contribution in [3.8, 4) is 17.2 Å². The summed E-state index contributed by atoms with van der Waals surface area (Å²) in [7, 11) is -2.72. The molecule has 0 heterocycles. The minimum Gasteiger partial charge on any atom is -0.495 e. The first kappa shape index (κ1) is 19.1. The molecule has 0 bridgehead atoms. The second-order valence-corrected chi connectivity index (χ2v) is 7.53. The van der Waals surface area contributed by atoms with Crippen molar-refractivity contribution in [3.05, 3.63) is 83.4 Å². The van der Waals surface area contributed by atoms with Gasteiger partial charge in [0.2, 0.25) is 0 Å². The van der Waals surface area contributed by atoms with E-state index < -0.39 is 10.1 Å². The standard InChI is InChI=1S/C20H17ClO5S/c1-24-19-12-7-16(21)13-20(19)27(22,23)26-18-10-8-17(9-11-18)25-14-15-5-3-2-4-6-15/h2-13H,14H2,1H3. The highest BCUT2D eigenvalue weighted by atomic mass is 35.5. The van der Waals surface area contributed by atoms with Crippen LogP contribution >= 0.6 is 11.6 Å². The van der Waals surface area contributed by atoms with Gasteiger partial charge in [0.25, 0.3) is 0 Å². The molecule has 0 amide bonds. The van der Waals surface area contributed by atoms with Crippen LogP contribution in [-0.2, 0) is 16.7 Å². The predicted molar refractivity (Wildman–Crippen MR) is 103 cm³/mol. The lowest BCUT2D eigenvalue weighted by Gasteiger charge is -2.11. The average Bonchev–Trinajstić information content (AvgIpc) is 2.68. The van der Waals surface area contributed by atoms with Gasteiger partial charge in [-0.25, -0.2) is 0 Å². The molecule has 5 nitrogen and oxygen atoms in total. The SMILES string of the molecule is COc1ccc(Cl)cc1S(=O)(=O)Oc1ccc(OCc2ccccc2)cc1. The number of methoxy groups -OCH3 is 1. The van der Waals surface area contributed by atoms with Crippen molar-refractivity contribution in [2.45, 2.75) is 11.5 Å². The molecule has 0 saturated carbocycles. The second kappa shape index (κ2) is 8.33. The summed E-state index contributed by atoms with van der Waals surface area (Å²) >= 11 is 5.90. The number of rotatable bonds is 7. The molecule has 0 aliphatic heterocycles. The summed E-state index contributed by atoms with van der Waals surface area (Å²) in [6.45, 7) is 0.416. The fourth-order valence-electron chi connectivity index (χ4n) is 2.35. The predicted octanol–water partition coefficient (Wildman–Crippen LogP) is 4.70. The number of ether oxygens (including phenoxy) is 2. The van der Waals surface area contributed by atoms with Crippen molar-refractivity contribution in [2.75, 3.05) is 7.11 Å². The fourth-order valence-corrected chi connectivity index (χ4v) is 3.71. The van der Waals surface area contributed by atoms with Crippen LogP contribution in [0.1, 0.15) is 5.56 Å². The van der Waals surface area contributed by atoms with Gasteiger partial charge in [-0.3, -0.25) is 0 Å². The number of benzene rings is 3. The quantitative estimate of drug-likeness (QED) is 0.534. The lowest BCUT2D eigenvalue weighted by molar-refractivity contribution is 0.306.